The highest BCUT2D eigenvalue weighted by molar-refractivity contribution is 6.34. The Morgan fingerprint density at radius 3 is 2.67 bits per heavy atom. The van der Waals surface area contributed by atoms with Gasteiger partial charge in [-0.1, -0.05) is 11.6 Å². The van der Waals surface area contributed by atoms with Crippen molar-refractivity contribution >= 4 is 17.4 Å². The zero-order valence-corrected chi connectivity index (χ0v) is 8.60. The lowest BCUT2D eigenvalue weighted by Gasteiger charge is -2.07. The minimum atomic E-state index is -1.04. The first kappa shape index (κ1) is 11.7. The van der Waals surface area contributed by atoms with Crippen LogP contribution in [0.5, 0.6) is 11.5 Å². The molecule has 1 aromatic rings. The summed E-state index contributed by atoms with van der Waals surface area (Å²) >= 11 is 5.42. The van der Waals surface area contributed by atoms with Crippen LogP contribution in [0, 0.1) is 5.82 Å². The highest BCUT2D eigenvalue weighted by Crippen LogP contribution is 2.37. The normalized spacial score (nSPS) is 10.3. The first-order valence-electron chi connectivity index (χ1n) is 4.06. The lowest BCUT2D eigenvalue weighted by Crippen LogP contribution is -2.18. The van der Waals surface area contributed by atoms with Gasteiger partial charge in [0.1, 0.15) is 10.8 Å². The molecular formula is C9H9ClFNO3. The predicted octanol–water partition coefficient (Wildman–Crippen LogP) is 1.29. The van der Waals surface area contributed by atoms with Crippen molar-refractivity contribution in [3.05, 3.63) is 22.5 Å². The summed E-state index contributed by atoms with van der Waals surface area (Å²) in [6.45, 7) is -0.0614. The van der Waals surface area contributed by atoms with Crippen LogP contribution in [0.15, 0.2) is 6.07 Å². The van der Waals surface area contributed by atoms with E-state index in [2.05, 4.69) is 5.32 Å². The van der Waals surface area contributed by atoms with Crippen molar-refractivity contribution in [2.75, 3.05) is 13.6 Å². The molecule has 0 bridgehead atoms. The molecule has 0 atom stereocenters. The van der Waals surface area contributed by atoms with Gasteiger partial charge in [-0.05, 0) is 13.1 Å². The smallest absolute Gasteiger partial charge is 0.180 e. The third kappa shape index (κ3) is 2.19. The van der Waals surface area contributed by atoms with E-state index in [-0.39, 0.29) is 12.1 Å². The van der Waals surface area contributed by atoms with Crippen LogP contribution in [-0.2, 0) is 0 Å². The molecule has 4 nitrogen and oxygen atoms in total. The second kappa shape index (κ2) is 4.46. The molecule has 1 rings (SSSR count). The van der Waals surface area contributed by atoms with E-state index in [1.807, 2.05) is 0 Å². The topological polar surface area (TPSA) is 69.6 Å². The molecule has 0 aromatic heterocycles. The van der Waals surface area contributed by atoms with Crippen molar-refractivity contribution in [1.82, 2.24) is 5.32 Å². The fraction of sp³-hybridized carbons (Fsp3) is 0.222. The number of benzene rings is 1. The third-order valence-electron chi connectivity index (χ3n) is 1.81. The number of hydrogen-bond acceptors (Lipinski definition) is 4. The molecule has 1 aromatic carbocycles. The average Bonchev–Trinajstić information content (AvgIpc) is 2.20. The Morgan fingerprint density at radius 1 is 1.53 bits per heavy atom. The number of phenols is 2. The number of phenolic OH excluding ortho intramolecular Hbond substituents is 2. The maximum absolute atomic E-state index is 13.0. The van der Waals surface area contributed by atoms with Crippen LogP contribution in [0.3, 0.4) is 0 Å². The third-order valence-corrected chi connectivity index (χ3v) is 2.16. The standard InChI is InChI=1S/C9H9ClFNO3/c1-12-3-6(13)4-2-5(11)9(15)7(10)8(4)14/h2,12,14-15H,3H2,1H3. The Bertz CT molecular complexity index is 409. The number of aromatic hydroxyl groups is 2. The van der Waals surface area contributed by atoms with E-state index in [0.29, 0.717) is 0 Å². The Balaban J connectivity index is 3.26. The second-order valence-electron chi connectivity index (χ2n) is 2.87. The van der Waals surface area contributed by atoms with Crippen LogP contribution < -0.4 is 5.32 Å². The van der Waals surface area contributed by atoms with Crippen molar-refractivity contribution < 1.29 is 19.4 Å². The summed E-state index contributed by atoms with van der Waals surface area (Å²) in [5, 5.41) is 20.4. The highest BCUT2D eigenvalue weighted by atomic mass is 35.5. The molecule has 0 saturated heterocycles. The average molecular weight is 234 g/mol. The van der Waals surface area contributed by atoms with Crippen molar-refractivity contribution in [3.8, 4) is 11.5 Å². The van der Waals surface area contributed by atoms with Gasteiger partial charge in [-0.3, -0.25) is 4.79 Å². The van der Waals surface area contributed by atoms with Crippen LogP contribution in [-0.4, -0.2) is 29.6 Å². The van der Waals surface area contributed by atoms with Crippen LogP contribution in [0.25, 0.3) is 0 Å². The molecule has 0 radical (unpaired) electrons. The minimum Gasteiger partial charge on any atom is -0.505 e. The molecule has 0 aliphatic heterocycles. The van der Waals surface area contributed by atoms with Gasteiger partial charge in [-0.2, -0.15) is 0 Å². The molecule has 0 spiro atoms. The maximum atomic E-state index is 13.0. The van der Waals surface area contributed by atoms with Crippen molar-refractivity contribution in [1.29, 1.82) is 0 Å². The highest BCUT2D eigenvalue weighted by Gasteiger charge is 2.19. The van der Waals surface area contributed by atoms with E-state index in [1.54, 1.807) is 0 Å². The number of likely N-dealkylation sites (N-methyl/N-ethyl adjacent to an activating group) is 1. The molecular weight excluding hydrogens is 225 g/mol. The van der Waals surface area contributed by atoms with Crippen LogP contribution >= 0.6 is 11.6 Å². The molecule has 0 saturated carbocycles. The predicted molar refractivity (Wildman–Crippen MR) is 53.0 cm³/mol. The molecule has 0 aliphatic rings. The molecule has 0 unspecified atom stereocenters. The Labute approximate surface area is 90.3 Å². The van der Waals surface area contributed by atoms with Gasteiger partial charge in [-0.25, -0.2) is 4.39 Å². The number of hydrogen-bond donors (Lipinski definition) is 3. The summed E-state index contributed by atoms with van der Waals surface area (Å²) in [5.74, 6) is -3.04. The monoisotopic (exact) mass is 233 g/mol. The first-order valence-corrected chi connectivity index (χ1v) is 4.44. The summed E-state index contributed by atoms with van der Waals surface area (Å²) in [6.07, 6.45) is 0. The quantitative estimate of drug-likeness (QED) is 0.688. The van der Waals surface area contributed by atoms with Crippen LogP contribution in [0.1, 0.15) is 10.4 Å². The number of carbonyl (C=O) groups is 1. The summed E-state index contributed by atoms with van der Waals surface area (Å²) in [5.41, 5.74) is -0.260. The zero-order chi connectivity index (χ0) is 11.6. The first-order chi connectivity index (χ1) is 6.99. The van der Waals surface area contributed by atoms with E-state index in [9.17, 15) is 14.3 Å². The second-order valence-corrected chi connectivity index (χ2v) is 3.25. The molecule has 82 valence electrons. The molecule has 0 heterocycles. The number of nitrogens with one attached hydrogen (secondary N) is 1. The molecule has 0 amide bonds. The Morgan fingerprint density at radius 2 is 2.13 bits per heavy atom. The molecule has 15 heavy (non-hydrogen) atoms. The van der Waals surface area contributed by atoms with Crippen molar-refractivity contribution in [3.63, 3.8) is 0 Å². The van der Waals surface area contributed by atoms with Gasteiger partial charge in [0.25, 0.3) is 0 Å². The molecule has 3 N–H and O–H groups in total. The summed E-state index contributed by atoms with van der Waals surface area (Å²) in [7, 11) is 1.54. The lowest BCUT2D eigenvalue weighted by atomic mass is 10.1. The zero-order valence-electron chi connectivity index (χ0n) is 7.84. The van der Waals surface area contributed by atoms with Crippen molar-refractivity contribution in [2.24, 2.45) is 0 Å². The van der Waals surface area contributed by atoms with Crippen molar-refractivity contribution in [2.45, 2.75) is 0 Å². The number of halogens is 2. The van der Waals surface area contributed by atoms with Gasteiger partial charge in [0.2, 0.25) is 0 Å². The van der Waals surface area contributed by atoms with E-state index in [1.165, 1.54) is 7.05 Å². The fourth-order valence-corrected chi connectivity index (χ4v) is 1.26. The summed E-state index contributed by atoms with van der Waals surface area (Å²) in [4.78, 5) is 11.4. The van der Waals surface area contributed by atoms with Gasteiger partial charge >= 0.3 is 0 Å². The molecule has 0 aliphatic carbocycles. The van der Waals surface area contributed by atoms with Gasteiger partial charge in [-0.15, -0.1) is 0 Å². The maximum Gasteiger partial charge on any atom is 0.180 e. The Hall–Kier alpha value is -1.33. The van der Waals surface area contributed by atoms with Gasteiger partial charge in [0, 0.05) is 0 Å². The molecule has 0 fully saturated rings. The van der Waals surface area contributed by atoms with Gasteiger partial charge in [0.05, 0.1) is 12.1 Å². The summed E-state index contributed by atoms with van der Waals surface area (Å²) < 4.78 is 13.0. The van der Waals surface area contributed by atoms with Crippen LogP contribution in [0.4, 0.5) is 4.39 Å². The van der Waals surface area contributed by atoms with E-state index < -0.39 is 28.1 Å². The van der Waals surface area contributed by atoms with E-state index >= 15 is 0 Å². The van der Waals surface area contributed by atoms with Crippen LogP contribution in [0.2, 0.25) is 5.02 Å². The minimum absolute atomic E-state index is 0.0614. The van der Waals surface area contributed by atoms with E-state index in [4.69, 9.17) is 16.7 Å². The van der Waals surface area contributed by atoms with E-state index in [0.717, 1.165) is 6.07 Å². The fourth-order valence-electron chi connectivity index (χ4n) is 1.07. The summed E-state index contributed by atoms with van der Waals surface area (Å²) in [6, 6.07) is 0.746. The Kier molecular flexibility index (Phi) is 3.49. The van der Waals surface area contributed by atoms with Gasteiger partial charge < -0.3 is 15.5 Å². The number of Topliss-reactive ketones (excluding diaryl/α,β-unsaturated/α-hetero) is 1. The number of carbonyl (C=O) groups excluding carboxylic acids is 1. The van der Waals surface area contributed by atoms with Gasteiger partial charge in [0.15, 0.2) is 17.3 Å². The molecule has 6 heteroatoms. The SMILES string of the molecule is CNCC(=O)c1cc(F)c(O)c(Cl)c1O. The largest absolute Gasteiger partial charge is 0.505 e. The number of ketones is 1. The lowest BCUT2D eigenvalue weighted by molar-refractivity contribution is 0.0990. The number of rotatable bonds is 3.